The van der Waals surface area contributed by atoms with Crippen molar-refractivity contribution in [1.82, 2.24) is 20.1 Å². The minimum Gasteiger partial charge on any atom is -0.352 e. The second-order valence-corrected chi connectivity index (χ2v) is 5.81. The van der Waals surface area contributed by atoms with Gasteiger partial charge < -0.3 is 9.80 Å². The zero-order valence-electron chi connectivity index (χ0n) is 13.5. The van der Waals surface area contributed by atoms with Gasteiger partial charge in [-0.05, 0) is 30.5 Å². The summed E-state index contributed by atoms with van der Waals surface area (Å²) in [4.78, 5) is 20.6. The van der Waals surface area contributed by atoms with Crippen LogP contribution in [0.5, 0.6) is 0 Å². The van der Waals surface area contributed by atoms with E-state index in [0.29, 0.717) is 44.0 Å². The van der Waals surface area contributed by atoms with Crippen molar-refractivity contribution in [2.45, 2.75) is 19.3 Å². The van der Waals surface area contributed by atoms with Gasteiger partial charge in [-0.25, -0.2) is 4.98 Å². The van der Waals surface area contributed by atoms with Gasteiger partial charge in [0.15, 0.2) is 0 Å². The second-order valence-electron chi connectivity index (χ2n) is 5.81. The van der Waals surface area contributed by atoms with Gasteiger partial charge in [0.2, 0.25) is 5.91 Å². The van der Waals surface area contributed by atoms with Crippen LogP contribution < -0.4 is 4.90 Å². The number of carbonyl (C=O) groups excluding carboxylic acids is 1. The summed E-state index contributed by atoms with van der Waals surface area (Å²) in [7, 11) is 0. The van der Waals surface area contributed by atoms with Crippen molar-refractivity contribution in [3.05, 3.63) is 41.9 Å². The molecule has 0 atom stereocenters. The number of hydrogen-bond donors (Lipinski definition) is 1. The summed E-state index contributed by atoms with van der Waals surface area (Å²) < 4.78 is 0. The Kier molecular flexibility index (Phi) is 5.06. The molecule has 0 aromatic carbocycles. The first-order valence-corrected chi connectivity index (χ1v) is 8.13. The van der Waals surface area contributed by atoms with E-state index in [0.717, 1.165) is 18.4 Å². The molecule has 0 aliphatic carbocycles. The van der Waals surface area contributed by atoms with Crippen molar-refractivity contribution >= 4 is 11.7 Å². The highest BCUT2D eigenvalue weighted by Gasteiger charge is 2.22. The number of rotatable bonds is 5. The quantitative estimate of drug-likeness (QED) is 0.897. The lowest BCUT2D eigenvalue weighted by Gasteiger charge is -2.35. The number of hydrogen-bond acceptors (Lipinski definition) is 5. The van der Waals surface area contributed by atoms with Crippen LogP contribution in [-0.4, -0.2) is 52.2 Å². The Balaban J connectivity index is 1.48. The number of nitrogens with zero attached hydrogens (tertiary/aromatic N) is 5. The molecule has 1 fully saturated rings. The Morgan fingerprint density at radius 2 is 2.17 bits per heavy atom. The zero-order chi connectivity index (χ0) is 16.8. The number of amides is 1. The van der Waals surface area contributed by atoms with E-state index in [-0.39, 0.29) is 5.91 Å². The highest BCUT2D eigenvalue weighted by molar-refractivity contribution is 5.76. The van der Waals surface area contributed by atoms with Crippen molar-refractivity contribution in [3.63, 3.8) is 0 Å². The first-order valence-electron chi connectivity index (χ1n) is 8.13. The molecule has 24 heavy (non-hydrogen) atoms. The number of anilines is 1. The molecule has 0 bridgehead atoms. The molecule has 0 unspecified atom stereocenters. The van der Waals surface area contributed by atoms with Crippen LogP contribution in [0, 0.1) is 11.3 Å². The Labute approximate surface area is 140 Å². The normalized spacial score (nSPS) is 14.5. The van der Waals surface area contributed by atoms with Gasteiger partial charge in [0.25, 0.3) is 0 Å². The molecule has 1 N–H and O–H groups in total. The average Bonchev–Trinajstić information content (AvgIpc) is 3.15. The van der Waals surface area contributed by atoms with Gasteiger partial charge >= 0.3 is 0 Å². The Morgan fingerprint density at radius 3 is 2.88 bits per heavy atom. The van der Waals surface area contributed by atoms with E-state index in [2.05, 4.69) is 26.2 Å². The van der Waals surface area contributed by atoms with Gasteiger partial charge in [0.1, 0.15) is 11.9 Å². The predicted molar refractivity (Wildman–Crippen MR) is 89.3 cm³/mol. The van der Waals surface area contributed by atoms with Gasteiger partial charge in [-0.15, -0.1) is 0 Å². The molecular formula is C17H20N6O. The number of H-pyrrole nitrogens is 1. The van der Waals surface area contributed by atoms with Crippen molar-refractivity contribution < 1.29 is 4.79 Å². The third-order valence-electron chi connectivity index (χ3n) is 4.25. The molecule has 1 aliphatic heterocycles. The molecule has 7 heteroatoms. The van der Waals surface area contributed by atoms with Crippen LogP contribution >= 0.6 is 0 Å². The topological polar surface area (TPSA) is 88.9 Å². The zero-order valence-corrected chi connectivity index (χ0v) is 13.5. The van der Waals surface area contributed by atoms with Crippen LogP contribution in [0.3, 0.4) is 0 Å². The van der Waals surface area contributed by atoms with Crippen molar-refractivity contribution in [3.8, 4) is 6.07 Å². The molecule has 2 aromatic rings. The molecule has 1 amide bonds. The van der Waals surface area contributed by atoms with Gasteiger partial charge in [-0.3, -0.25) is 9.89 Å². The molecule has 0 saturated carbocycles. The van der Waals surface area contributed by atoms with E-state index < -0.39 is 0 Å². The number of pyridine rings is 1. The van der Waals surface area contributed by atoms with E-state index >= 15 is 0 Å². The fraction of sp³-hybridized carbons (Fsp3) is 0.412. The number of nitriles is 1. The van der Waals surface area contributed by atoms with Gasteiger partial charge in [-0.2, -0.15) is 10.4 Å². The number of carbonyl (C=O) groups is 1. The average molecular weight is 324 g/mol. The second kappa shape index (κ2) is 7.59. The van der Waals surface area contributed by atoms with Crippen LogP contribution in [-0.2, 0) is 11.2 Å². The summed E-state index contributed by atoms with van der Waals surface area (Å²) in [6, 6.07) is 5.71. The van der Waals surface area contributed by atoms with E-state index in [9.17, 15) is 10.1 Å². The maximum atomic E-state index is 12.3. The number of aromatic nitrogens is 3. The molecule has 0 spiro atoms. The monoisotopic (exact) mass is 324 g/mol. The molecule has 3 rings (SSSR count). The predicted octanol–water partition coefficient (Wildman–Crippen LogP) is 1.35. The highest BCUT2D eigenvalue weighted by atomic mass is 16.2. The third kappa shape index (κ3) is 3.71. The lowest BCUT2D eigenvalue weighted by molar-refractivity contribution is -0.131. The highest BCUT2D eigenvalue weighted by Crippen LogP contribution is 2.18. The molecule has 3 heterocycles. The number of nitrogens with one attached hydrogen (secondary N) is 1. The maximum absolute atomic E-state index is 12.3. The van der Waals surface area contributed by atoms with Crippen LogP contribution in [0.1, 0.15) is 24.0 Å². The summed E-state index contributed by atoms with van der Waals surface area (Å²) in [5.41, 5.74) is 1.71. The Morgan fingerprint density at radius 1 is 1.33 bits per heavy atom. The Hall–Kier alpha value is -2.88. The molecule has 1 aliphatic rings. The third-order valence-corrected chi connectivity index (χ3v) is 4.25. The van der Waals surface area contributed by atoms with Gasteiger partial charge in [0.05, 0.1) is 11.8 Å². The molecule has 2 aromatic heterocycles. The summed E-state index contributed by atoms with van der Waals surface area (Å²) in [6.45, 7) is 2.76. The molecule has 0 radical (unpaired) electrons. The summed E-state index contributed by atoms with van der Waals surface area (Å²) >= 11 is 0. The minimum absolute atomic E-state index is 0.194. The first-order chi connectivity index (χ1) is 11.8. The van der Waals surface area contributed by atoms with Crippen molar-refractivity contribution in [2.75, 3.05) is 31.1 Å². The van der Waals surface area contributed by atoms with E-state index in [1.807, 2.05) is 11.1 Å². The van der Waals surface area contributed by atoms with E-state index in [1.165, 1.54) is 0 Å². The van der Waals surface area contributed by atoms with Crippen LogP contribution in [0.4, 0.5) is 5.82 Å². The summed E-state index contributed by atoms with van der Waals surface area (Å²) in [5, 5.41) is 15.9. The minimum atomic E-state index is 0.194. The number of aryl methyl sites for hydroxylation is 1. The Bertz CT molecular complexity index is 713. The van der Waals surface area contributed by atoms with Crippen LogP contribution in [0.15, 0.2) is 30.7 Å². The SMILES string of the molecule is N#Cc1cccnc1N1CCN(C(=O)CCCc2cn[nH]c2)CC1. The molecule has 124 valence electrons. The largest absolute Gasteiger partial charge is 0.352 e. The standard InChI is InChI=1S/C17H20N6O/c18-11-15-4-2-6-19-17(15)23-9-7-22(8-10-23)16(24)5-1-3-14-12-20-21-13-14/h2,4,6,12-13H,1,3,5,7-10H2,(H,20,21). The number of aromatic amines is 1. The first kappa shape index (κ1) is 16.0. The van der Waals surface area contributed by atoms with Crippen LogP contribution in [0.2, 0.25) is 0 Å². The maximum Gasteiger partial charge on any atom is 0.222 e. The van der Waals surface area contributed by atoms with Crippen molar-refractivity contribution in [2.24, 2.45) is 0 Å². The van der Waals surface area contributed by atoms with E-state index in [4.69, 9.17) is 0 Å². The molecular weight excluding hydrogens is 304 g/mol. The fourth-order valence-electron chi connectivity index (χ4n) is 2.92. The smallest absolute Gasteiger partial charge is 0.222 e. The van der Waals surface area contributed by atoms with E-state index in [1.54, 1.807) is 24.5 Å². The summed E-state index contributed by atoms with van der Waals surface area (Å²) in [6.07, 6.45) is 7.60. The summed E-state index contributed by atoms with van der Waals surface area (Å²) in [5.74, 6) is 0.909. The fourth-order valence-corrected chi connectivity index (χ4v) is 2.92. The lowest BCUT2D eigenvalue weighted by atomic mass is 10.1. The van der Waals surface area contributed by atoms with Crippen LogP contribution in [0.25, 0.3) is 0 Å². The lowest BCUT2D eigenvalue weighted by Crippen LogP contribution is -2.49. The molecule has 1 saturated heterocycles. The number of piperazine rings is 1. The van der Waals surface area contributed by atoms with Gasteiger partial charge in [0, 0.05) is 45.0 Å². The van der Waals surface area contributed by atoms with Crippen molar-refractivity contribution in [1.29, 1.82) is 5.26 Å². The molecule has 7 nitrogen and oxygen atoms in total. The van der Waals surface area contributed by atoms with Gasteiger partial charge in [-0.1, -0.05) is 0 Å².